The maximum atomic E-state index is 11.9. The van der Waals surface area contributed by atoms with Gasteiger partial charge in [0, 0.05) is 24.8 Å². The van der Waals surface area contributed by atoms with Crippen LogP contribution in [-0.2, 0) is 16.4 Å². The lowest BCUT2D eigenvalue weighted by Gasteiger charge is -2.07. The van der Waals surface area contributed by atoms with Crippen molar-refractivity contribution in [1.82, 2.24) is 19.9 Å². The van der Waals surface area contributed by atoms with Gasteiger partial charge >= 0.3 is 6.03 Å². The van der Waals surface area contributed by atoms with Gasteiger partial charge in [0.25, 0.3) is 0 Å². The molecule has 10 heteroatoms. The molecule has 0 aliphatic rings. The number of sulfonamides is 1. The largest absolute Gasteiger partial charge is 0.337 e. The van der Waals surface area contributed by atoms with Crippen LogP contribution in [0, 0.1) is 0 Å². The van der Waals surface area contributed by atoms with Crippen LogP contribution in [0.15, 0.2) is 53.6 Å². The number of carbonyl (C=O) groups excluding carboxylic acids is 1. The van der Waals surface area contributed by atoms with Crippen molar-refractivity contribution in [3.63, 3.8) is 0 Å². The number of primary sulfonamides is 1. The van der Waals surface area contributed by atoms with E-state index in [1.54, 1.807) is 0 Å². The van der Waals surface area contributed by atoms with Crippen molar-refractivity contribution in [2.24, 2.45) is 5.14 Å². The second-order valence-corrected chi connectivity index (χ2v) is 6.81. The van der Waals surface area contributed by atoms with Gasteiger partial charge in [-0.05, 0) is 36.4 Å². The fraction of sp³-hybridized carbons (Fsp3) is 0.133. The number of hydrogen-bond donors (Lipinski definition) is 3. The lowest BCUT2D eigenvalue weighted by Crippen LogP contribution is -2.30. The SMILES string of the molecule is NS(=O)(=O)c1ccc(NC(=O)NCCc2nnc3ccccn23)cc1. The average molecular weight is 360 g/mol. The fourth-order valence-corrected chi connectivity index (χ4v) is 2.77. The van der Waals surface area contributed by atoms with E-state index in [2.05, 4.69) is 20.8 Å². The molecular formula is C15H16N6O3S. The number of anilines is 1. The summed E-state index contributed by atoms with van der Waals surface area (Å²) in [6, 6.07) is 10.8. The summed E-state index contributed by atoms with van der Waals surface area (Å²) in [5, 5.41) is 18.5. The maximum absolute atomic E-state index is 11.9. The molecule has 0 atom stereocenters. The molecular weight excluding hydrogens is 344 g/mol. The van der Waals surface area contributed by atoms with E-state index in [-0.39, 0.29) is 4.90 Å². The summed E-state index contributed by atoms with van der Waals surface area (Å²) in [6.45, 7) is 0.372. The summed E-state index contributed by atoms with van der Waals surface area (Å²) >= 11 is 0. The van der Waals surface area contributed by atoms with Crippen molar-refractivity contribution in [3.8, 4) is 0 Å². The number of pyridine rings is 1. The van der Waals surface area contributed by atoms with Gasteiger partial charge in [0.1, 0.15) is 5.82 Å². The zero-order valence-electron chi connectivity index (χ0n) is 13.1. The van der Waals surface area contributed by atoms with Gasteiger partial charge in [0.05, 0.1) is 4.90 Å². The van der Waals surface area contributed by atoms with Crippen molar-refractivity contribution in [2.75, 3.05) is 11.9 Å². The monoisotopic (exact) mass is 360 g/mol. The topological polar surface area (TPSA) is 131 Å². The van der Waals surface area contributed by atoms with E-state index >= 15 is 0 Å². The average Bonchev–Trinajstić information content (AvgIpc) is 2.98. The molecule has 0 aliphatic heterocycles. The van der Waals surface area contributed by atoms with Crippen molar-refractivity contribution >= 4 is 27.4 Å². The Labute approximate surface area is 143 Å². The van der Waals surface area contributed by atoms with Gasteiger partial charge in [-0.2, -0.15) is 0 Å². The third-order valence-electron chi connectivity index (χ3n) is 3.46. The zero-order chi connectivity index (χ0) is 17.9. The molecule has 9 nitrogen and oxygen atoms in total. The normalized spacial score (nSPS) is 11.4. The molecule has 0 saturated carbocycles. The molecule has 0 bridgehead atoms. The molecule has 1 aromatic carbocycles. The van der Waals surface area contributed by atoms with E-state index in [1.165, 1.54) is 24.3 Å². The first-order valence-corrected chi connectivity index (χ1v) is 8.94. The van der Waals surface area contributed by atoms with Crippen molar-refractivity contribution < 1.29 is 13.2 Å². The van der Waals surface area contributed by atoms with E-state index in [9.17, 15) is 13.2 Å². The number of nitrogens with one attached hydrogen (secondary N) is 2. The lowest BCUT2D eigenvalue weighted by molar-refractivity contribution is 0.252. The Hall–Kier alpha value is -2.98. The van der Waals surface area contributed by atoms with Gasteiger partial charge in [-0.1, -0.05) is 6.07 Å². The van der Waals surface area contributed by atoms with E-state index in [4.69, 9.17) is 5.14 Å². The van der Waals surface area contributed by atoms with E-state index in [1.807, 2.05) is 28.8 Å². The first-order chi connectivity index (χ1) is 11.9. The van der Waals surface area contributed by atoms with Gasteiger partial charge < -0.3 is 10.6 Å². The highest BCUT2D eigenvalue weighted by Gasteiger charge is 2.08. The summed E-state index contributed by atoms with van der Waals surface area (Å²) < 4.78 is 24.2. The minimum Gasteiger partial charge on any atom is -0.337 e. The first kappa shape index (κ1) is 16.9. The van der Waals surface area contributed by atoms with Crippen LogP contribution in [-0.4, -0.2) is 35.6 Å². The standard InChI is InChI=1S/C15H16N6O3S/c16-25(23,24)12-6-4-11(5-7-12)18-15(22)17-9-8-14-20-19-13-3-1-2-10-21(13)14/h1-7,10H,8-9H2,(H2,16,23,24)(H2,17,18,22). The quantitative estimate of drug-likeness (QED) is 0.617. The molecule has 4 N–H and O–H groups in total. The molecule has 0 saturated heterocycles. The molecule has 3 aromatic rings. The maximum Gasteiger partial charge on any atom is 0.319 e. The summed E-state index contributed by atoms with van der Waals surface area (Å²) in [7, 11) is -3.75. The van der Waals surface area contributed by atoms with Crippen LogP contribution in [0.5, 0.6) is 0 Å². The molecule has 2 heterocycles. The van der Waals surface area contributed by atoms with E-state index in [0.717, 1.165) is 11.5 Å². The highest BCUT2D eigenvalue weighted by Crippen LogP contribution is 2.12. The van der Waals surface area contributed by atoms with Gasteiger partial charge in [0.15, 0.2) is 5.65 Å². The second-order valence-electron chi connectivity index (χ2n) is 5.25. The highest BCUT2D eigenvalue weighted by molar-refractivity contribution is 7.89. The van der Waals surface area contributed by atoms with Crippen LogP contribution in [0.2, 0.25) is 0 Å². The molecule has 2 amide bonds. The number of nitrogens with two attached hydrogens (primary N) is 1. The van der Waals surface area contributed by atoms with Crippen molar-refractivity contribution in [2.45, 2.75) is 11.3 Å². The molecule has 130 valence electrons. The third-order valence-corrected chi connectivity index (χ3v) is 4.39. The van der Waals surface area contributed by atoms with Crippen molar-refractivity contribution in [1.29, 1.82) is 0 Å². The molecule has 2 aromatic heterocycles. The van der Waals surface area contributed by atoms with Gasteiger partial charge in [-0.25, -0.2) is 18.4 Å². The predicted molar refractivity (Wildman–Crippen MR) is 91.5 cm³/mol. The summed E-state index contributed by atoms with van der Waals surface area (Å²) in [5.41, 5.74) is 1.20. The van der Waals surface area contributed by atoms with Crippen LogP contribution in [0.25, 0.3) is 5.65 Å². The third kappa shape index (κ3) is 4.11. The Bertz CT molecular complexity index is 998. The number of hydrogen-bond acceptors (Lipinski definition) is 5. The summed E-state index contributed by atoms with van der Waals surface area (Å²) in [6.07, 6.45) is 2.38. The Balaban J connectivity index is 1.53. The molecule has 0 aliphatic carbocycles. The number of amides is 2. The minimum absolute atomic E-state index is 0.0165. The smallest absolute Gasteiger partial charge is 0.319 e. The molecule has 0 unspecified atom stereocenters. The Morgan fingerprint density at radius 1 is 1.12 bits per heavy atom. The van der Waals surface area contributed by atoms with Crippen LogP contribution >= 0.6 is 0 Å². The minimum atomic E-state index is -3.75. The molecule has 0 radical (unpaired) electrons. The molecule has 3 rings (SSSR count). The summed E-state index contributed by atoms with van der Waals surface area (Å²) in [4.78, 5) is 11.9. The fourth-order valence-electron chi connectivity index (χ4n) is 2.25. The van der Waals surface area contributed by atoms with Crippen LogP contribution in [0.4, 0.5) is 10.5 Å². The van der Waals surface area contributed by atoms with Crippen molar-refractivity contribution in [3.05, 3.63) is 54.5 Å². The van der Waals surface area contributed by atoms with Gasteiger partial charge in [0.2, 0.25) is 10.0 Å². The summed E-state index contributed by atoms with van der Waals surface area (Å²) in [5.74, 6) is 0.744. The molecule has 0 fully saturated rings. The predicted octanol–water partition coefficient (Wildman–Crippen LogP) is 0.741. The first-order valence-electron chi connectivity index (χ1n) is 7.40. The lowest BCUT2D eigenvalue weighted by atomic mass is 10.3. The van der Waals surface area contributed by atoms with Crippen LogP contribution < -0.4 is 15.8 Å². The number of carbonyl (C=O) groups is 1. The van der Waals surface area contributed by atoms with E-state index < -0.39 is 16.1 Å². The number of benzene rings is 1. The molecule has 0 spiro atoms. The number of urea groups is 1. The Morgan fingerprint density at radius 3 is 2.60 bits per heavy atom. The number of nitrogens with zero attached hydrogens (tertiary/aromatic N) is 3. The van der Waals surface area contributed by atoms with Crippen LogP contribution in [0.1, 0.15) is 5.82 Å². The number of aromatic nitrogens is 3. The number of rotatable bonds is 5. The Morgan fingerprint density at radius 2 is 1.88 bits per heavy atom. The van der Waals surface area contributed by atoms with Gasteiger partial charge in [-0.3, -0.25) is 4.40 Å². The van der Waals surface area contributed by atoms with Crippen LogP contribution in [0.3, 0.4) is 0 Å². The van der Waals surface area contributed by atoms with Gasteiger partial charge in [-0.15, -0.1) is 10.2 Å². The zero-order valence-corrected chi connectivity index (χ0v) is 13.9. The number of fused-ring (bicyclic) bond motifs is 1. The van der Waals surface area contributed by atoms with E-state index in [0.29, 0.717) is 18.7 Å². The Kier molecular flexibility index (Phi) is 4.63. The molecule has 25 heavy (non-hydrogen) atoms. The second kappa shape index (κ2) is 6.87. The highest BCUT2D eigenvalue weighted by atomic mass is 32.2.